The Morgan fingerprint density at radius 2 is 2.00 bits per heavy atom. The molecule has 0 aliphatic carbocycles. The fraction of sp³-hybridized carbons (Fsp3) is 0.933. The molecule has 0 aromatic heterocycles. The predicted molar refractivity (Wildman–Crippen MR) is 76.4 cm³/mol. The summed E-state index contributed by atoms with van der Waals surface area (Å²) < 4.78 is 0. The normalized spacial score (nSPS) is 21.4. The van der Waals surface area contributed by atoms with E-state index in [1.165, 1.54) is 19.5 Å². The summed E-state index contributed by atoms with van der Waals surface area (Å²) in [6.45, 7) is 14.5. The Hall–Kier alpha value is -0.590. The van der Waals surface area contributed by atoms with Crippen molar-refractivity contribution < 1.29 is 0 Å². The van der Waals surface area contributed by atoms with E-state index in [-0.39, 0.29) is 5.41 Å². The van der Waals surface area contributed by atoms with Crippen molar-refractivity contribution in [1.29, 1.82) is 5.26 Å². The summed E-state index contributed by atoms with van der Waals surface area (Å²) in [6.07, 6.45) is 3.46. The van der Waals surface area contributed by atoms with Crippen molar-refractivity contribution in [2.75, 3.05) is 32.7 Å². The van der Waals surface area contributed by atoms with Gasteiger partial charge in [0.05, 0.1) is 11.5 Å². The second kappa shape index (κ2) is 7.11. The zero-order chi connectivity index (χ0) is 13.6. The van der Waals surface area contributed by atoms with Gasteiger partial charge in [0.2, 0.25) is 0 Å². The van der Waals surface area contributed by atoms with E-state index in [1.54, 1.807) is 0 Å². The summed E-state index contributed by atoms with van der Waals surface area (Å²) in [5, 5.41) is 8.99. The van der Waals surface area contributed by atoms with Gasteiger partial charge in [0.1, 0.15) is 0 Å². The van der Waals surface area contributed by atoms with E-state index in [0.717, 1.165) is 38.5 Å². The molecule has 0 saturated carbocycles. The second-order valence-corrected chi connectivity index (χ2v) is 6.06. The molecule has 104 valence electrons. The quantitative estimate of drug-likeness (QED) is 0.697. The van der Waals surface area contributed by atoms with Gasteiger partial charge in [-0.2, -0.15) is 5.26 Å². The highest BCUT2D eigenvalue weighted by atomic mass is 15.2. The third-order valence-corrected chi connectivity index (χ3v) is 4.16. The Balaban J connectivity index is 2.25. The number of hydrogen-bond donors (Lipinski definition) is 0. The summed E-state index contributed by atoms with van der Waals surface area (Å²) >= 11 is 0. The van der Waals surface area contributed by atoms with E-state index < -0.39 is 0 Å². The fourth-order valence-electron chi connectivity index (χ4n) is 2.85. The van der Waals surface area contributed by atoms with Crippen molar-refractivity contribution in [3.05, 3.63) is 0 Å². The van der Waals surface area contributed by atoms with Crippen LogP contribution in [0.2, 0.25) is 0 Å². The van der Waals surface area contributed by atoms with Crippen molar-refractivity contribution >= 4 is 0 Å². The molecular weight excluding hydrogens is 222 g/mol. The van der Waals surface area contributed by atoms with Gasteiger partial charge in [0.15, 0.2) is 0 Å². The van der Waals surface area contributed by atoms with E-state index in [4.69, 9.17) is 5.26 Å². The first-order chi connectivity index (χ1) is 8.52. The van der Waals surface area contributed by atoms with Gasteiger partial charge in [-0.15, -0.1) is 0 Å². The molecule has 1 heterocycles. The topological polar surface area (TPSA) is 30.3 Å². The lowest BCUT2D eigenvalue weighted by atomic mass is 9.90. The number of hydrogen-bond acceptors (Lipinski definition) is 3. The maximum atomic E-state index is 8.99. The predicted octanol–water partition coefficient (Wildman–Crippen LogP) is 2.73. The van der Waals surface area contributed by atoms with E-state index in [9.17, 15) is 0 Å². The molecule has 0 radical (unpaired) electrons. The highest BCUT2D eigenvalue weighted by molar-refractivity contribution is 4.91. The molecule has 0 amide bonds. The Kier molecular flexibility index (Phi) is 6.11. The lowest BCUT2D eigenvalue weighted by molar-refractivity contribution is 0.208. The molecule has 1 atom stereocenters. The van der Waals surface area contributed by atoms with Crippen LogP contribution in [-0.4, -0.2) is 48.6 Å². The molecule has 0 aromatic carbocycles. The SMILES string of the molecule is CCN(CC)C1CCN(CCCC(C)(C)C#N)C1. The average Bonchev–Trinajstić information content (AvgIpc) is 2.79. The maximum Gasteiger partial charge on any atom is 0.0683 e. The molecule has 18 heavy (non-hydrogen) atoms. The van der Waals surface area contributed by atoms with Crippen LogP contribution < -0.4 is 0 Å². The van der Waals surface area contributed by atoms with Gasteiger partial charge >= 0.3 is 0 Å². The standard InChI is InChI=1S/C15H29N3/c1-5-18(6-2)14-8-11-17(12-14)10-7-9-15(3,4)13-16/h14H,5-12H2,1-4H3. The van der Waals surface area contributed by atoms with Crippen molar-refractivity contribution in [3.8, 4) is 6.07 Å². The minimum absolute atomic E-state index is 0.155. The first kappa shape index (κ1) is 15.5. The summed E-state index contributed by atoms with van der Waals surface area (Å²) in [6, 6.07) is 3.14. The average molecular weight is 251 g/mol. The lowest BCUT2D eigenvalue weighted by Gasteiger charge is -2.26. The first-order valence-corrected chi connectivity index (χ1v) is 7.40. The van der Waals surface area contributed by atoms with Crippen molar-refractivity contribution in [2.24, 2.45) is 5.41 Å². The molecule has 0 spiro atoms. The first-order valence-electron chi connectivity index (χ1n) is 7.40. The highest BCUT2D eigenvalue weighted by Crippen LogP contribution is 2.22. The molecule has 0 aromatic rings. The van der Waals surface area contributed by atoms with Gasteiger partial charge in [-0.3, -0.25) is 4.90 Å². The zero-order valence-electron chi connectivity index (χ0n) is 12.6. The lowest BCUT2D eigenvalue weighted by Crippen LogP contribution is -2.37. The van der Waals surface area contributed by atoms with E-state index in [2.05, 4.69) is 29.7 Å². The number of rotatable bonds is 7. The summed E-state index contributed by atoms with van der Waals surface area (Å²) in [5.41, 5.74) is -0.155. The summed E-state index contributed by atoms with van der Waals surface area (Å²) in [7, 11) is 0. The van der Waals surface area contributed by atoms with E-state index in [0.29, 0.717) is 0 Å². The molecule has 0 N–H and O–H groups in total. The van der Waals surface area contributed by atoms with Crippen LogP contribution in [0.5, 0.6) is 0 Å². The molecule has 1 saturated heterocycles. The van der Waals surface area contributed by atoms with E-state index in [1.807, 2.05) is 13.8 Å². The molecule has 1 unspecified atom stereocenters. The number of likely N-dealkylation sites (N-methyl/N-ethyl adjacent to an activating group) is 1. The fourth-order valence-corrected chi connectivity index (χ4v) is 2.85. The molecule has 1 rings (SSSR count). The number of likely N-dealkylation sites (tertiary alicyclic amines) is 1. The second-order valence-electron chi connectivity index (χ2n) is 6.06. The molecular formula is C15H29N3. The van der Waals surface area contributed by atoms with Crippen LogP contribution in [0.4, 0.5) is 0 Å². The van der Waals surface area contributed by atoms with Crippen LogP contribution in [-0.2, 0) is 0 Å². The Morgan fingerprint density at radius 1 is 1.33 bits per heavy atom. The third-order valence-electron chi connectivity index (χ3n) is 4.16. The zero-order valence-corrected chi connectivity index (χ0v) is 12.6. The van der Waals surface area contributed by atoms with Crippen LogP contribution in [0.15, 0.2) is 0 Å². The van der Waals surface area contributed by atoms with Gasteiger partial charge in [0, 0.05) is 12.6 Å². The molecule has 1 aliphatic rings. The Morgan fingerprint density at radius 3 is 2.56 bits per heavy atom. The van der Waals surface area contributed by atoms with Crippen molar-refractivity contribution in [1.82, 2.24) is 9.80 Å². The number of nitrogens with zero attached hydrogens (tertiary/aromatic N) is 3. The van der Waals surface area contributed by atoms with Crippen LogP contribution in [0.3, 0.4) is 0 Å². The molecule has 3 nitrogen and oxygen atoms in total. The molecule has 1 fully saturated rings. The number of nitriles is 1. The van der Waals surface area contributed by atoms with Gasteiger partial charge in [-0.05, 0) is 59.3 Å². The molecule has 3 heteroatoms. The van der Waals surface area contributed by atoms with Crippen LogP contribution >= 0.6 is 0 Å². The van der Waals surface area contributed by atoms with Crippen LogP contribution in [0.1, 0.15) is 47.0 Å². The monoisotopic (exact) mass is 251 g/mol. The summed E-state index contributed by atoms with van der Waals surface area (Å²) in [5.74, 6) is 0. The minimum Gasteiger partial charge on any atom is -0.302 e. The van der Waals surface area contributed by atoms with Gasteiger partial charge in [0.25, 0.3) is 0 Å². The summed E-state index contributed by atoms with van der Waals surface area (Å²) in [4.78, 5) is 5.13. The van der Waals surface area contributed by atoms with Crippen LogP contribution in [0, 0.1) is 16.7 Å². The van der Waals surface area contributed by atoms with Gasteiger partial charge in [-0.1, -0.05) is 13.8 Å². The smallest absolute Gasteiger partial charge is 0.0683 e. The van der Waals surface area contributed by atoms with Crippen molar-refractivity contribution in [2.45, 2.75) is 53.0 Å². The maximum absolute atomic E-state index is 8.99. The molecule has 0 bridgehead atoms. The van der Waals surface area contributed by atoms with E-state index >= 15 is 0 Å². The Labute approximate surface area is 113 Å². The largest absolute Gasteiger partial charge is 0.302 e. The molecule has 1 aliphatic heterocycles. The minimum atomic E-state index is -0.155. The Bertz CT molecular complexity index is 276. The van der Waals surface area contributed by atoms with Crippen LogP contribution in [0.25, 0.3) is 0 Å². The third kappa shape index (κ3) is 4.59. The van der Waals surface area contributed by atoms with Crippen molar-refractivity contribution in [3.63, 3.8) is 0 Å². The highest BCUT2D eigenvalue weighted by Gasteiger charge is 2.26. The van der Waals surface area contributed by atoms with Gasteiger partial charge < -0.3 is 4.90 Å². The van der Waals surface area contributed by atoms with Gasteiger partial charge in [-0.25, -0.2) is 0 Å².